The van der Waals surface area contributed by atoms with Crippen molar-refractivity contribution in [3.05, 3.63) is 11.6 Å². The van der Waals surface area contributed by atoms with E-state index in [1.165, 1.54) is 6.29 Å². The zero-order valence-corrected chi connectivity index (χ0v) is 11.2. The molecule has 0 radical (unpaired) electrons. The van der Waals surface area contributed by atoms with Gasteiger partial charge in [0.1, 0.15) is 6.29 Å². The summed E-state index contributed by atoms with van der Waals surface area (Å²) in [4.78, 5) is 11.3. The normalized spacial score (nSPS) is 40.1. The van der Waals surface area contributed by atoms with E-state index in [2.05, 4.69) is 40.7 Å². The molecule has 1 fully saturated rings. The lowest BCUT2D eigenvalue weighted by atomic mass is 9.67. The maximum Gasteiger partial charge on any atom is 0.123 e. The van der Waals surface area contributed by atoms with Crippen LogP contribution in [0.1, 0.15) is 47.5 Å². The number of hydrogen-bond donors (Lipinski definition) is 0. The van der Waals surface area contributed by atoms with Crippen LogP contribution in [0.4, 0.5) is 0 Å². The van der Waals surface area contributed by atoms with E-state index in [-0.39, 0.29) is 16.7 Å². The van der Waals surface area contributed by atoms with Crippen LogP contribution in [0.5, 0.6) is 0 Å². The van der Waals surface area contributed by atoms with Gasteiger partial charge in [-0.15, -0.1) is 0 Å². The van der Waals surface area contributed by atoms with Gasteiger partial charge in [0.15, 0.2) is 0 Å². The molecule has 0 aromatic heterocycles. The molecule has 0 aliphatic heterocycles. The topological polar surface area (TPSA) is 17.1 Å². The lowest BCUT2D eigenvalue weighted by Crippen LogP contribution is -2.32. The minimum Gasteiger partial charge on any atom is -0.303 e. The molecule has 90 valence electrons. The van der Waals surface area contributed by atoms with Crippen LogP contribution in [0.3, 0.4) is 0 Å². The molecule has 0 spiro atoms. The standard InChI is InChI=1S/C15H24O/c1-10-14(2,3)12-8-6-7-11(9-16)13(12)15(10,4)5/h8-11,13H,6-7H2,1-5H3. The third-order valence-corrected chi connectivity index (χ3v) is 5.55. The highest BCUT2D eigenvalue weighted by atomic mass is 16.1. The molecule has 3 atom stereocenters. The third kappa shape index (κ3) is 1.33. The fourth-order valence-corrected chi connectivity index (χ4v) is 4.17. The molecule has 1 heteroatoms. The summed E-state index contributed by atoms with van der Waals surface area (Å²) in [5, 5.41) is 0. The van der Waals surface area contributed by atoms with Crippen LogP contribution >= 0.6 is 0 Å². The Kier molecular flexibility index (Phi) is 2.56. The quantitative estimate of drug-likeness (QED) is 0.484. The molecule has 2 aliphatic carbocycles. The van der Waals surface area contributed by atoms with Gasteiger partial charge in [0, 0.05) is 5.92 Å². The van der Waals surface area contributed by atoms with Crippen LogP contribution in [0, 0.1) is 28.6 Å². The van der Waals surface area contributed by atoms with Crippen molar-refractivity contribution < 1.29 is 4.79 Å². The van der Waals surface area contributed by atoms with Crippen molar-refractivity contribution in [3.63, 3.8) is 0 Å². The van der Waals surface area contributed by atoms with E-state index >= 15 is 0 Å². The summed E-state index contributed by atoms with van der Waals surface area (Å²) < 4.78 is 0. The highest BCUT2D eigenvalue weighted by Crippen LogP contribution is 2.63. The Morgan fingerprint density at radius 2 is 1.94 bits per heavy atom. The smallest absolute Gasteiger partial charge is 0.123 e. The summed E-state index contributed by atoms with van der Waals surface area (Å²) in [5.41, 5.74) is 2.06. The molecule has 3 unspecified atom stereocenters. The van der Waals surface area contributed by atoms with Gasteiger partial charge in [-0.25, -0.2) is 0 Å². The zero-order valence-electron chi connectivity index (χ0n) is 11.2. The van der Waals surface area contributed by atoms with Crippen LogP contribution < -0.4 is 0 Å². The molecular formula is C15H24O. The van der Waals surface area contributed by atoms with E-state index in [4.69, 9.17) is 0 Å². The average Bonchev–Trinajstić information content (AvgIpc) is 2.38. The van der Waals surface area contributed by atoms with Crippen molar-refractivity contribution in [2.75, 3.05) is 0 Å². The van der Waals surface area contributed by atoms with Crippen molar-refractivity contribution in [1.82, 2.24) is 0 Å². The van der Waals surface area contributed by atoms with Crippen molar-refractivity contribution in [3.8, 4) is 0 Å². The first-order chi connectivity index (χ1) is 7.33. The van der Waals surface area contributed by atoms with Crippen LogP contribution in [0.15, 0.2) is 11.6 Å². The largest absolute Gasteiger partial charge is 0.303 e. The van der Waals surface area contributed by atoms with Gasteiger partial charge in [0.25, 0.3) is 0 Å². The highest BCUT2D eigenvalue weighted by molar-refractivity contribution is 5.57. The molecule has 1 saturated carbocycles. The number of fused-ring (bicyclic) bond motifs is 1. The van der Waals surface area contributed by atoms with Crippen molar-refractivity contribution >= 4 is 6.29 Å². The fourth-order valence-electron chi connectivity index (χ4n) is 4.17. The first-order valence-corrected chi connectivity index (χ1v) is 6.49. The van der Waals surface area contributed by atoms with Crippen molar-refractivity contribution in [2.45, 2.75) is 47.5 Å². The second kappa shape index (κ2) is 3.45. The minimum atomic E-state index is 0.249. The van der Waals surface area contributed by atoms with Gasteiger partial charge in [-0.05, 0) is 35.5 Å². The van der Waals surface area contributed by atoms with Gasteiger partial charge in [-0.2, -0.15) is 0 Å². The Labute approximate surface area is 99.3 Å². The molecule has 0 saturated heterocycles. The SMILES string of the molecule is CC1C(C)(C)C2=CCCC(C=O)C2C1(C)C. The molecule has 2 aliphatic rings. The molecule has 0 heterocycles. The van der Waals surface area contributed by atoms with Crippen LogP contribution in [-0.4, -0.2) is 6.29 Å². The molecule has 0 amide bonds. The first-order valence-electron chi connectivity index (χ1n) is 6.49. The highest BCUT2D eigenvalue weighted by Gasteiger charge is 2.56. The van der Waals surface area contributed by atoms with Crippen LogP contribution in [-0.2, 0) is 4.79 Å². The summed E-state index contributed by atoms with van der Waals surface area (Å²) in [7, 11) is 0. The number of allylic oxidation sites excluding steroid dienone is 2. The van der Waals surface area contributed by atoms with Crippen molar-refractivity contribution in [2.24, 2.45) is 28.6 Å². The lowest BCUT2D eigenvalue weighted by Gasteiger charge is -2.36. The maximum absolute atomic E-state index is 11.3. The van der Waals surface area contributed by atoms with E-state index < -0.39 is 0 Å². The summed E-state index contributed by atoms with van der Waals surface area (Å²) in [6.45, 7) is 11.7. The van der Waals surface area contributed by atoms with Crippen molar-refractivity contribution in [1.29, 1.82) is 0 Å². The zero-order chi connectivity index (χ0) is 12.1. The van der Waals surface area contributed by atoms with Gasteiger partial charge < -0.3 is 4.79 Å². The van der Waals surface area contributed by atoms with Gasteiger partial charge >= 0.3 is 0 Å². The summed E-state index contributed by atoms with van der Waals surface area (Å²) in [6.07, 6.45) is 5.74. The lowest BCUT2D eigenvalue weighted by molar-refractivity contribution is -0.113. The molecule has 0 aromatic carbocycles. The van der Waals surface area contributed by atoms with E-state index in [1.54, 1.807) is 5.57 Å². The monoisotopic (exact) mass is 220 g/mol. The second-order valence-electron chi connectivity index (χ2n) is 6.78. The van der Waals surface area contributed by atoms with E-state index in [1.807, 2.05) is 0 Å². The Balaban J connectivity index is 2.52. The summed E-state index contributed by atoms with van der Waals surface area (Å²) >= 11 is 0. The van der Waals surface area contributed by atoms with Gasteiger partial charge in [0.05, 0.1) is 0 Å². The Bertz CT molecular complexity index is 335. The van der Waals surface area contributed by atoms with E-state index in [9.17, 15) is 4.79 Å². The fraction of sp³-hybridized carbons (Fsp3) is 0.800. The Morgan fingerprint density at radius 1 is 1.31 bits per heavy atom. The molecule has 0 bridgehead atoms. The van der Waals surface area contributed by atoms with Crippen LogP contribution in [0.2, 0.25) is 0 Å². The number of hydrogen-bond acceptors (Lipinski definition) is 1. The van der Waals surface area contributed by atoms with E-state index in [0.29, 0.717) is 11.8 Å². The molecular weight excluding hydrogens is 196 g/mol. The number of rotatable bonds is 1. The summed E-state index contributed by atoms with van der Waals surface area (Å²) in [5.74, 6) is 1.36. The first kappa shape index (κ1) is 11.9. The van der Waals surface area contributed by atoms with E-state index in [0.717, 1.165) is 12.8 Å². The molecule has 0 N–H and O–H groups in total. The molecule has 0 aromatic rings. The van der Waals surface area contributed by atoms with Gasteiger partial charge in [-0.3, -0.25) is 0 Å². The second-order valence-corrected chi connectivity index (χ2v) is 6.78. The molecule has 2 rings (SSSR count). The Morgan fingerprint density at radius 3 is 2.50 bits per heavy atom. The maximum atomic E-state index is 11.3. The average molecular weight is 220 g/mol. The predicted octanol–water partition coefficient (Wildman–Crippen LogP) is 3.84. The Hall–Kier alpha value is -0.590. The summed E-state index contributed by atoms with van der Waals surface area (Å²) in [6, 6.07) is 0. The predicted molar refractivity (Wildman–Crippen MR) is 67.1 cm³/mol. The third-order valence-electron chi connectivity index (χ3n) is 5.55. The minimum absolute atomic E-state index is 0.249. The van der Waals surface area contributed by atoms with Gasteiger partial charge in [0.2, 0.25) is 0 Å². The van der Waals surface area contributed by atoms with Crippen LogP contribution in [0.25, 0.3) is 0 Å². The molecule has 1 nitrogen and oxygen atoms in total. The number of carbonyl (C=O) groups excluding carboxylic acids is 1. The number of carbonyl (C=O) groups is 1. The number of aldehydes is 1. The van der Waals surface area contributed by atoms with Gasteiger partial charge in [-0.1, -0.05) is 46.3 Å². The molecule has 16 heavy (non-hydrogen) atoms.